The number of amidine groups is 1. The quantitative estimate of drug-likeness (QED) is 0.166. The Labute approximate surface area is 207 Å². The van der Waals surface area contributed by atoms with Gasteiger partial charge in [0.2, 0.25) is 11.7 Å². The van der Waals surface area contributed by atoms with Crippen LogP contribution in [0.2, 0.25) is 0 Å². The number of furan rings is 1. The molecule has 10 heteroatoms. The second kappa shape index (κ2) is 11.1. The van der Waals surface area contributed by atoms with Gasteiger partial charge in [0.05, 0.1) is 12.5 Å². The van der Waals surface area contributed by atoms with Crippen LogP contribution in [0.4, 0.5) is 0 Å². The number of esters is 1. The van der Waals surface area contributed by atoms with Crippen LogP contribution in [0.25, 0.3) is 10.8 Å². The number of nitrogen functional groups attached to an aromatic ring is 1. The highest BCUT2D eigenvalue weighted by Crippen LogP contribution is 2.29. The van der Waals surface area contributed by atoms with Crippen LogP contribution in [-0.2, 0) is 16.1 Å². The van der Waals surface area contributed by atoms with Gasteiger partial charge in [-0.15, -0.1) is 12.4 Å². The molecule has 0 unspecified atom stereocenters. The normalized spacial score (nSPS) is 17.3. The summed E-state index contributed by atoms with van der Waals surface area (Å²) in [5.74, 6) is -1.45. The Hall–Kier alpha value is -3.85. The van der Waals surface area contributed by atoms with Gasteiger partial charge in [0, 0.05) is 11.5 Å². The van der Waals surface area contributed by atoms with Crippen molar-refractivity contribution in [3.05, 3.63) is 65.6 Å². The molecule has 1 aliphatic carbocycles. The number of fused-ring (bicyclic) bond motifs is 1. The number of hydrogen-bond donors (Lipinski definition) is 4. The third-order valence-corrected chi connectivity index (χ3v) is 6.08. The number of carboxylic acid groups (broad SMARTS) is 1. The van der Waals surface area contributed by atoms with Gasteiger partial charge in [-0.25, -0.2) is 4.79 Å². The molecule has 1 saturated carbocycles. The molecule has 9 nitrogen and oxygen atoms in total. The minimum Gasteiger partial charge on any atom is -0.481 e. The van der Waals surface area contributed by atoms with Gasteiger partial charge in [0.25, 0.3) is 0 Å². The van der Waals surface area contributed by atoms with Crippen molar-refractivity contribution >= 4 is 46.9 Å². The van der Waals surface area contributed by atoms with Crippen molar-refractivity contribution in [1.29, 1.82) is 5.41 Å². The molecule has 1 fully saturated rings. The fourth-order valence-corrected chi connectivity index (χ4v) is 4.12. The summed E-state index contributed by atoms with van der Waals surface area (Å²) in [5, 5.41) is 21.1. The first-order valence-corrected chi connectivity index (χ1v) is 11.0. The van der Waals surface area contributed by atoms with Gasteiger partial charge in [-0.2, -0.15) is 0 Å². The molecule has 0 aliphatic heterocycles. The number of rotatable bonds is 7. The molecule has 0 saturated heterocycles. The van der Waals surface area contributed by atoms with Gasteiger partial charge in [-0.1, -0.05) is 18.2 Å². The second-order valence-electron chi connectivity index (χ2n) is 8.40. The first-order valence-electron chi connectivity index (χ1n) is 11.0. The van der Waals surface area contributed by atoms with Crippen molar-refractivity contribution in [3.8, 4) is 5.75 Å². The largest absolute Gasteiger partial charge is 0.481 e. The van der Waals surface area contributed by atoms with Crippen molar-refractivity contribution in [2.24, 2.45) is 17.6 Å². The number of hydrogen-bond acceptors (Lipinski definition) is 6. The Morgan fingerprint density at radius 1 is 1.00 bits per heavy atom. The Kier molecular flexibility index (Phi) is 8.14. The van der Waals surface area contributed by atoms with Gasteiger partial charge in [-0.3, -0.25) is 15.0 Å². The SMILES string of the molecule is Cl.N=C(N)c1ccc2cc(OC(=O)c3ccc(CNC(=O)[C@H]4CC[C@H](C(=O)O)CC4)o3)ccc2c1. The summed E-state index contributed by atoms with van der Waals surface area (Å²) in [6.07, 6.45) is 2.08. The number of nitrogens with two attached hydrogens (primary N) is 1. The van der Waals surface area contributed by atoms with Gasteiger partial charge >= 0.3 is 11.9 Å². The summed E-state index contributed by atoms with van der Waals surface area (Å²) < 4.78 is 10.9. The molecule has 5 N–H and O–H groups in total. The fourth-order valence-electron chi connectivity index (χ4n) is 4.12. The predicted octanol–water partition coefficient (Wildman–Crippen LogP) is 3.87. The summed E-state index contributed by atoms with van der Waals surface area (Å²) in [4.78, 5) is 35.9. The molecule has 1 amide bonds. The highest BCUT2D eigenvalue weighted by Gasteiger charge is 2.29. The molecule has 184 valence electrons. The zero-order valence-electron chi connectivity index (χ0n) is 18.8. The third kappa shape index (κ3) is 6.19. The van der Waals surface area contributed by atoms with E-state index in [0.717, 1.165) is 10.8 Å². The Bertz CT molecular complexity index is 1260. The van der Waals surface area contributed by atoms with E-state index in [1.807, 2.05) is 0 Å². The monoisotopic (exact) mass is 499 g/mol. The Morgan fingerprint density at radius 2 is 1.66 bits per heavy atom. The number of amides is 1. The minimum atomic E-state index is -0.806. The molecule has 3 aromatic rings. The number of halogens is 1. The highest BCUT2D eigenvalue weighted by molar-refractivity contribution is 5.99. The standard InChI is InChI=1S/C25H25N3O6.ClH/c26-22(27)18-6-5-17-12-19(8-7-16(17)11-18)34-25(32)21-10-9-20(33-21)13-28-23(29)14-1-3-15(4-2-14)24(30)31;/h5-12,14-15H,1-4,13H2,(H3,26,27)(H,28,29)(H,30,31);1H/t14-,15-;. The molecule has 1 aromatic heterocycles. The maximum absolute atomic E-state index is 12.5. The van der Waals surface area contributed by atoms with E-state index in [1.165, 1.54) is 6.07 Å². The van der Waals surface area contributed by atoms with Gasteiger partial charge < -0.3 is 25.3 Å². The third-order valence-electron chi connectivity index (χ3n) is 6.08. The summed E-state index contributed by atoms with van der Waals surface area (Å²) in [7, 11) is 0. The second-order valence-corrected chi connectivity index (χ2v) is 8.40. The molecule has 35 heavy (non-hydrogen) atoms. The van der Waals surface area contributed by atoms with E-state index in [-0.39, 0.29) is 48.3 Å². The predicted molar refractivity (Wildman–Crippen MR) is 131 cm³/mol. The molecule has 0 atom stereocenters. The fraction of sp³-hybridized carbons (Fsp3) is 0.280. The van der Waals surface area contributed by atoms with E-state index < -0.39 is 11.9 Å². The first-order chi connectivity index (χ1) is 16.3. The molecule has 1 heterocycles. The minimum absolute atomic E-state index is 0. The lowest BCUT2D eigenvalue weighted by Gasteiger charge is -2.25. The number of aliphatic carboxylic acids is 1. The lowest BCUT2D eigenvalue weighted by Crippen LogP contribution is -2.34. The van der Waals surface area contributed by atoms with Crippen molar-refractivity contribution in [1.82, 2.24) is 5.32 Å². The maximum Gasteiger partial charge on any atom is 0.379 e. The molecule has 0 radical (unpaired) electrons. The number of nitrogens with one attached hydrogen (secondary N) is 2. The van der Waals surface area contributed by atoms with Gasteiger partial charge in [-0.05, 0) is 66.8 Å². The summed E-state index contributed by atoms with van der Waals surface area (Å²) in [6, 6.07) is 13.5. The van der Waals surface area contributed by atoms with Crippen molar-refractivity contribution in [3.63, 3.8) is 0 Å². The van der Waals surface area contributed by atoms with Crippen molar-refractivity contribution in [2.45, 2.75) is 32.2 Å². The summed E-state index contributed by atoms with van der Waals surface area (Å²) in [6.45, 7) is 0.124. The van der Waals surface area contributed by atoms with Crippen LogP contribution in [0.5, 0.6) is 5.75 Å². The molecule has 0 bridgehead atoms. The lowest BCUT2D eigenvalue weighted by atomic mass is 9.81. The first kappa shape index (κ1) is 25.8. The van der Waals surface area contributed by atoms with Crippen molar-refractivity contribution in [2.75, 3.05) is 0 Å². The summed E-state index contributed by atoms with van der Waals surface area (Å²) >= 11 is 0. The molecule has 1 aliphatic rings. The van der Waals surface area contributed by atoms with Crippen LogP contribution in [0.3, 0.4) is 0 Å². The Balaban J connectivity index is 0.00000342. The smallest absolute Gasteiger partial charge is 0.379 e. The van der Waals surface area contributed by atoms with Crippen molar-refractivity contribution < 1.29 is 28.6 Å². The Morgan fingerprint density at radius 3 is 2.34 bits per heavy atom. The zero-order chi connectivity index (χ0) is 24.2. The average Bonchev–Trinajstić information content (AvgIpc) is 3.31. The lowest BCUT2D eigenvalue weighted by molar-refractivity contribution is -0.144. The molecule has 4 rings (SSSR count). The van der Waals surface area contributed by atoms with Crippen LogP contribution in [0, 0.1) is 17.2 Å². The van der Waals surface area contributed by atoms with Gasteiger partial charge in [0.1, 0.15) is 17.3 Å². The molecular weight excluding hydrogens is 474 g/mol. The summed E-state index contributed by atoms with van der Waals surface area (Å²) in [5.41, 5.74) is 6.13. The van der Waals surface area contributed by atoms with Crippen LogP contribution < -0.4 is 15.8 Å². The van der Waals surface area contributed by atoms with E-state index in [1.54, 1.807) is 42.5 Å². The van der Waals surface area contributed by atoms with E-state index in [4.69, 9.17) is 25.4 Å². The highest BCUT2D eigenvalue weighted by atomic mass is 35.5. The van der Waals surface area contributed by atoms with Crippen LogP contribution in [-0.4, -0.2) is 28.8 Å². The average molecular weight is 500 g/mol. The van der Waals surface area contributed by atoms with Gasteiger partial charge in [0.15, 0.2) is 0 Å². The van der Waals surface area contributed by atoms with E-state index >= 15 is 0 Å². The number of carbonyl (C=O) groups is 3. The number of benzene rings is 2. The topological polar surface area (TPSA) is 156 Å². The van der Waals surface area contributed by atoms with Crippen LogP contribution in [0.15, 0.2) is 52.9 Å². The number of carbonyl (C=O) groups excluding carboxylic acids is 2. The molecular formula is C25H26ClN3O6. The number of carboxylic acids is 1. The number of ether oxygens (including phenoxy) is 1. The van der Waals surface area contributed by atoms with E-state index in [0.29, 0.717) is 42.8 Å². The van der Waals surface area contributed by atoms with Crippen LogP contribution >= 0.6 is 12.4 Å². The molecule has 2 aromatic carbocycles. The zero-order valence-corrected chi connectivity index (χ0v) is 19.6. The van der Waals surface area contributed by atoms with E-state index in [2.05, 4.69) is 5.32 Å². The maximum atomic E-state index is 12.5. The molecule has 0 spiro atoms. The van der Waals surface area contributed by atoms with Crippen LogP contribution in [0.1, 0.15) is 47.6 Å². The van der Waals surface area contributed by atoms with E-state index in [9.17, 15) is 14.4 Å².